The Balaban J connectivity index is -0.000000266. The summed E-state index contributed by atoms with van der Waals surface area (Å²) in [5.41, 5.74) is 1.33. The molecule has 0 saturated heterocycles. The van der Waals surface area contributed by atoms with Crippen molar-refractivity contribution in [2.75, 3.05) is 0 Å². The first-order valence-corrected chi connectivity index (χ1v) is 41.9. The Morgan fingerprint density at radius 3 is 0.769 bits per heavy atom. The van der Waals surface area contributed by atoms with Crippen LogP contribution in [-0.4, -0.2) is 34.9 Å². The number of hydrogen-bond acceptors (Lipinski definition) is 0. The van der Waals surface area contributed by atoms with Gasteiger partial charge in [0, 0.05) is 6.92 Å². The summed E-state index contributed by atoms with van der Waals surface area (Å²) in [5, 5.41) is 0. The second-order valence-corrected chi connectivity index (χ2v) is 32.9. The van der Waals surface area contributed by atoms with Crippen molar-refractivity contribution in [2.24, 2.45) is 42.3 Å². The van der Waals surface area contributed by atoms with Crippen LogP contribution in [0.3, 0.4) is 0 Å². The van der Waals surface area contributed by atoms with Gasteiger partial charge in [-0.1, -0.05) is 109 Å². The van der Waals surface area contributed by atoms with Gasteiger partial charge in [-0.05, 0) is 51.0 Å². The van der Waals surface area contributed by atoms with Gasteiger partial charge < -0.3 is 4.70 Å². The van der Waals surface area contributed by atoms with E-state index in [9.17, 15) is 139 Å². The van der Waals surface area contributed by atoms with E-state index >= 15 is 0 Å². The van der Waals surface area contributed by atoms with E-state index in [-0.39, 0.29) is 4.70 Å². The summed E-state index contributed by atoms with van der Waals surface area (Å²) in [6.07, 6.45) is 54.3. The minimum absolute atomic E-state index is 0. The molecule has 0 atom stereocenters. The van der Waals surface area contributed by atoms with Gasteiger partial charge in [-0.25, -0.2) is 54.8 Å². The molecule has 7 rings (SSSR count). The fraction of sp³-hybridized carbons (Fsp3) is 0.571. The largest absolute Gasteiger partial charge is 1.00 e. The molecule has 108 heavy (non-hydrogen) atoms. The zero-order chi connectivity index (χ0) is 85.4. The summed E-state index contributed by atoms with van der Waals surface area (Å²) in [5.74, 6) is 1.33. The molecule has 648 valence electrons. The molecule has 6 heterocycles. The van der Waals surface area contributed by atoms with Gasteiger partial charge >= 0.3 is 172 Å². The first-order valence-electron chi connectivity index (χ1n) is 31.7. The minimum atomic E-state index is -10.7. The first-order chi connectivity index (χ1) is 46.9. The van der Waals surface area contributed by atoms with E-state index in [0.717, 1.165) is 26.2 Å². The quantitative estimate of drug-likeness (QED) is 0.0226. The molecule has 0 aliphatic heterocycles. The molecule has 0 amide bonds. The van der Waals surface area contributed by atoms with Crippen LogP contribution in [0.25, 0.3) is 0 Å². The molecular formula is C56H98BF34N12P5. The summed E-state index contributed by atoms with van der Waals surface area (Å²) >= 11 is 0. The van der Waals surface area contributed by atoms with Crippen LogP contribution in [0.5, 0.6) is 0 Å². The topological polar surface area (TPSA) is 52.9 Å². The smallest absolute Gasteiger partial charge is 1.00 e. The monoisotopic (exact) mass is 1750 g/mol. The minimum Gasteiger partial charge on any atom is -1.00 e. The second-order valence-electron chi connectivity index (χ2n) is 23.3. The molecule has 0 spiro atoms. The van der Waals surface area contributed by atoms with Crippen LogP contribution in [0.15, 0.2) is 136 Å². The van der Waals surface area contributed by atoms with Crippen molar-refractivity contribution in [1.29, 1.82) is 0 Å². The number of imidazole rings is 6. The number of aromatic nitrogens is 12. The van der Waals surface area contributed by atoms with Crippen LogP contribution in [0.4, 0.5) is 139 Å². The Morgan fingerprint density at radius 2 is 0.537 bits per heavy atom. The summed E-state index contributed by atoms with van der Waals surface area (Å²) < 4.78 is 351. The van der Waals surface area contributed by atoms with Gasteiger partial charge in [0.25, 0.3) is 5.82 Å². The molecule has 6 aromatic heterocycles. The summed E-state index contributed by atoms with van der Waals surface area (Å²) in [4.78, 5) is 0. The molecule has 0 N–H and O–H groups in total. The molecule has 0 aliphatic rings. The zero-order valence-electron chi connectivity index (χ0n) is 60.9. The average molecular weight is 1750 g/mol. The van der Waals surface area contributed by atoms with Crippen LogP contribution < -0.4 is 32.1 Å². The number of hydrogen-bond donors (Lipinski definition) is 0. The van der Waals surface area contributed by atoms with E-state index in [1.54, 1.807) is 0 Å². The van der Waals surface area contributed by atoms with Crippen molar-refractivity contribution >= 4 is 46.6 Å². The third kappa shape index (κ3) is 127. The van der Waals surface area contributed by atoms with E-state index in [2.05, 4.69) is 226 Å². The van der Waals surface area contributed by atoms with Gasteiger partial charge in [-0.2, -0.15) is 0 Å². The first kappa shape index (κ1) is 113. The normalized spacial score (nSPS) is 14.3. The predicted molar refractivity (Wildman–Crippen MR) is 354 cm³/mol. The number of nitrogens with zero attached hydrogens (tertiary/aromatic N) is 12. The van der Waals surface area contributed by atoms with Crippen molar-refractivity contribution in [3.8, 4) is 0 Å². The molecule has 0 radical (unpaired) electrons. The van der Waals surface area contributed by atoms with Crippen molar-refractivity contribution < 1.29 is 171 Å². The summed E-state index contributed by atoms with van der Waals surface area (Å²) in [6.45, 7) is 19.9. The van der Waals surface area contributed by atoms with Crippen molar-refractivity contribution in [3.05, 3.63) is 148 Å². The standard InChI is InChI=1S/C12H23N2.C11H13N2.C10H19N2.C9H17N2.C8H15N2.C6H11N2.BF3.5F6P.FH/c1-3-4-5-6-7-8-9-14-11-10-13(2)12-14;1-12-7-8-13(10-12)9-11-5-3-2-4-6-11;1-3-4-5-6-7-12-9-8-11(2)10-12;1-4-5-6-11-8-7-10(3)9(11)2;1-3-4-5-10-7-6-9(2)8-10;1-3-8-5-4-7(2)6-8;2-1(3)4;5*1-7(2,3,4,5)6;/h10-12H,3-9H2,1-2H3;2-8,10H,9H2,1H3;8-10H,3-7H2,1-2H3;7-8H,4-6H2,1-3H3;6-8H,3-5H2,1-2H3;4-6H,3H2,1-2H3;;;;;;;1H/q6*+1;;5*-1;/p-1. The number of unbranched alkanes of at least 4 members (excludes halogenated alkanes) is 10. The van der Waals surface area contributed by atoms with Gasteiger partial charge in [0.2, 0.25) is 31.6 Å². The Kier molecular flexibility index (Phi) is 43.7. The molecule has 0 saturated carbocycles. The van der Waals surface area contributed by atoms with E-state index in [0.29, 0.717) is 0 Å². The van der Waals surface area contributed by atoms with Gasteiger partial charge in [-0.15, -0.1) is 0 Å². The molecule has 7 aromatic rings. The van der Waals surface area contributed by atoms with Crippen LogP contribution in [0, 0.1) is 6.92 Å². The van der Waals surface area contributed by atoms with Crippen LogP contribution in [0.1, 0.15) is 136 Å². The van der Waals surface area contributed by atoms with Crippen molar-refractivity contribution in [1.82, 2.24) is 27.4 Å². The third-order valence-electron chi connectivity index (χ3n) is 11.7. The molecule has 52 heteroatoms. The third-order valence-corrected chi connectivity index (χ3v) is 11.7. The van der Waals surface area contributed by atoms with Gasteiger partial charge in [-0.3, -0.25) is 12.9 Å². The number of rotatable bonds is 21. The van der Waals surface area contributed by atoms with Crippen LogP contribution in [-0.2, 0) is 81.6 Å². The maximum atomic E-state index is 9.87. The predicted octanol–water partition coefficient (Wildman–Crippen LogP) is 23.6. The van der Waals surface area contributed by atoms with Gasteiger partial charge in [0.15, 0.2) is 0 Å². The SMILES string of the molecule is CCCCCCCCn1cc[n+](C)c1.CCCCCCn1cc[n+](C)c1.CCCCn1cc[n+](C)c1.CCCCn1cc[n+](C)c1C.CCn1cc[n+](C)c1.C[n+]1ccn(Cc2ccccc2)c1.FB(F)F.F[P-](F)(F)(F)(F)F.F[P-](F)(F)(F)(F)F.F[P-](F)(F)(F)(F)F.F[P-](F)(F)(F)(F)F.F[P-](F)(F)(F)(F)F.[F-]. The van der Waals surface area contributed by atoms with E-state index < -0.39 is 46.6 Å². The average Bonchev–Trinajstić information content (AvgIpc) is 1.81. The number of benzene rings is 1. The zero-order valence-corrected chi connectivity index (χ0v) is 65.3. The Labute approximate surface area is 604 Å². The molecule has 1 aromatic carbocycles. The van der Waals surface area contributed by atoms with E-state index in [1.807, 2.05) is 48.7 Å². The molecule has 12 nitrogen and oxygen atoms in total. The maximum absolute atomic E-state index is 10.7. The number of halogens is 34. The number of aryl methyl sites for hydroxylation is 11. The molecule has 0 bridgehead atoms. The van der Waals surface area contributed by atoms with Crippen LogP contribution in [0.2, 0.25) is 0 Å². The summed E-state index contributed by atoms with van der Waals surface area (Å²) in [6, 6.07) is 10.5. The molecular weight excluding hydrogens is 1650 g/mol. The Bertz CT molecular complexity index is 3280. The van der Waals surface area contributed by atoms with E-state index in [1.165, 1.54) is 114 Å². The molecule has 0 aliphatic carbocycles. The van der Waals surface area contributed by atoms with E-state index in [4.69, 9.17) is 0 Å². The van der Waals surface area contributed by atoms with Crippen molar-refractivity contribution in [2.45, 2.75) is 171 Å². The molecule has 0 fully saturated rings. The summed E-state index contributed by atoms with van der Waals surface area (Å²) in [7, 11) is -44.7. The van der Waals surface area contributed by atoms with Crippen LogP contribution >= 0.6 is 39.0 Å². The van der Waals surface area contributed by atoms with Gasteiger partial charge in [0.1, 0.15) is 80.9 Å². The van der Waals surface area contributed by atoms with Crippen molar-refractivity contribution in [3.63, 3.8) is 0 Å². The second kappa shape index (κ2) is 41.7. The maximum Gasteiger partial charge on any atom is -1.00 e. The van der Waals surface area contributed by atoms with Gasteiger partial charge in [0.05, 0.1) is 75.0 Å². The fourth-order valence-electron chi connectivity index (χ4n) is 7.28. The Hall–Kier alpha value is -5.69. The molecule has 0 unspecified atom stereocenters. The Morgan fingerprint density at radius 1 is 0.306 bits per heavy atom. The fourth-order valence-corrected chi connectivity index (χ4v) is 7.28.